The number of ether oxygens (including phenoxy) is 3. The number of aromatic nitrogens is 5. The Bertz CT molecular complexity index is 1260. The first-order valence-electron chi connectivity index (χ1n) is 10.5. The zero-order valence-corrected chi connectivity index (χ0v) is 17.5. The van der Waals surface area contributed by atoms with E-state index in [0.717, 1.165) is 22.3 Å². The molecular formula is C23H23N5O3. The molecule has 1 saturated carbocycles. The van der Waals surface area contributed by atoms with Crippen LogP contribution in [0.3, 0.4) is 0 Å². The molecule has 6 rings (SSSR count). The van der Waals surface area contributed by atoms with Gasteiger partial charge in [0.2, 0.25) is 5.75 Å². The Labute approximate surface area is 179 Å². The molecule has 1 unspecified atom stereocenters. The lowest BCUT2D eigenvalue weighted by Crippen LogP contribution is -2.22. The third-order valence-electron chi connectivity index (χ3n) is 5.93. The Morgan fingerprint density at radius 1 is 1.13 bits per heavy atom. The molecule has 8 nitrogen and oxygen atoms in total. The average Bonchev–Trinajstić information content (AvgIpc) is 3.44. The van der Waals surface area contributed by atoms with Gasteiger partial charge in [-0.1, -0.05) is 0 Å². The molecule has 1 aliphatic heterocycles. The molecule has 4 heterocycles. The summed E-state index contributed by atoms with van der Waals surface area (Å²) in [5.41, 5.74) is 5.12. The van der Waals surface area contributed by atoms with Gasteiger partial charge in [-0.05, 0) is 48.1 Å². The Balaban J connectivity index is 1.29. The molecule has 0 N–H and O–H groups in total. The van der Waals surface area contributed by atoms with Crippen molar-refractivity contribution in [3.05, 3.63) is 59.8 Å². The van der Waals surface area contributed by atoms with Gasteiger partial charge in [-0.3, -0.25) is 4.68 Å². The van der Waals surface area contributed by atoms with Crippen molar-refractivity contribution in [2.45, 2.75) is 31.4 Å². The number of rotatable bonds is 5. The van der Waals surface area contributed by atoms with Crippen molar-refractivity contribution in [2.75, 3.05) is 13.7 Å². The van der Waals surface area contributed by atoms with E-state index < -0.39 is 0 Å². The van der Waals surface area contributed by atoms with Gasteiger partial charge in [0.05, 0.1) is 26.2 Å². The van der Waals surface area contributed by atoms with Gasteiger partial charge in [0, 0.05) is 25.0 Å². The number of imidazole rings is 1. The van der Waals surface area contributed by atoms with Gasteiger partial charge >= 0.3 is 0 Å². The molecule has 1 fully saturated rings. The molecule has 158 valence electrons. The maximum atomic E-state index is 6.22. The largest absolute Gasteiger partial charge is 0.493 e. The maximum Gasteiger partial charge on any atom is 0.204 e. The van der Waals surface area contributed by atoms with Gasteiger partial charge < -0.3 is 18.8 Å². The summed E-state index contributed by atoms with van der Waals surface area (Å²) < 4.78 is 21.7. The van der Waals surface area contributed by atoms with Crippen LogP contribution in [0.15, 0.2) is 43.1 Å². The van der Waals surface area contributed by atoms with Crippen molar-refractivity contribution in [1.29, 1.82) is 0 Å². The quantitative estimate of drug-likeness (QED) is 0.494. The summed E-state index contributed by atoms with van der Waals surface area (Å²) in [6, 6.07) is 6.15. The second kappa shape index (κ2) is 7.01. The fourth-order valence-corrected chi connectivity index (χ4v) is 4.13. The molecule has 2 aliphatic rings. The van der Waals surface area contributed by atoms with Crippen LogP contribution in [0.1, 0.15) is 41.6 Å². The van der Waals surface area contributed by atoms with Gasteiger partial charge in [-0.25, -0.2) is 9.97 Å². The van der Waals surface area contributed by atoms with Gasteiger partial charge in [-0.2, -0.15) is 5.10 Å². The highest BCUT2D eigenvalue weighted by molar-refractivity contribution is 5.71. The number of pyridine rings is 1. The number of hydrogen-bond donors (Lipinski definition) is 0. The summed E-state index contributed by atoms with van der Waals surface area (Å²) in [5.74, 6) is 2.62. The lowest BCUT2D eigenvalue weighted by atomic mass is 10.1. The third-order valence-corrected chi connectivity index (χ3v) is 5.93. The third kappa shape index (κ3) is 3.28. The molecular weight excluding hydrogens is 394 g/mol. The molecule has 0 saturated heterocycles. The van der Waals surface area contributed by atoms with Gasteiger partial charge in [-0.15, -0.1) is 0 Å². The van der Waals surface area contributed by atoms with Crippen molar-refractivity contribution >= 4 is 11.2 Å². The number of benzene rings is 1. The van der Waals surface area contributed by atoms with Crippen LogP contribution in [0.4, 0.5) is 0 Å². The summed E-state index contributed by atoms with van der Waals surface area (Å²) >= 11 is 0. The van der Waals surface area contributed by atoms with Crippen molar-refractivity contribution in [3.63, 3.8) is 0 Å². The Morgan fingerprint density at radius 3 is 2.81 bits per heavy atom. The van der Waals surface area contributed by atoms with E-state index in [1.807, 2.05) is 37.9 Å². The van der Waals surface area contributed by atoms with Crippen LogP contribution >= 0.6 is 0 Å². The van der Waals surface area contributed by atoms with E-state index in [2.05, 4.69) is 25.7 Å². The number of fused-ring (bicyclic) bond motifs is 2. The summed E-state index contributed by atoms with van der Waals surface area (Å²) in [6.45, 7) is 1.04. The highest BCUT2D eigenvalue weighted by atomic mass is 16.6. The summed E-state index contributed by atoms with van der Waals surface area (Å²) in [7, 11) is 3.53. The van der Waals surface area contributed by atoms with Crippen LogP contribution in [0.5, 0.6) is 17.2 Å². The standard InChI is InChI=1S/C23H23N5O3/c1-27-11-17(9-26-27)21-12-30-20-6-14(5-19(29-2)22(20)31-21)10-28-13-25-18-7-16(15-3-4-15)8-24-23(18)28/h5-9,11,13,15,21H,3-4,10,12H2,1-2H3. The Morgan fingerprint density at radius 2 is 2.03 bits per heavy atom. The number of nitrogens with zero attached hydrogens (tertiary/aromatic N) is 5. The lowest BCUT2D eigenvalue weighted by molar-refractivity contribution is 0.0869. The molecule has 8 heteroatoms. The first-order valence-corrected chi connectivity index (χ1v) is 10.5. The van der Waals surface area contributed by atoms with Crippen LogP contribution in [0, 0.1) is 0 Å². The Kier molecular flexibility index (Phi) is 4.12. The second-order valence-corrected chi connectivity index (χ2v) is 8.25. The molecule has 1 aliphatic carbocycles. The zero-order chi connectivity index (χ0) is 20.9. The Hall–Kier alpha value is -3.55. The minimum absolute atomic E-state index is 0.219. The van der Waals surface area contributed by atoms with Crippen molar-refractivity contribution in [3.8, 4) is 17.2 Å². The van der Waals surface area contributed by atoms with Crippen LogP contribution < -0.4 is 14.2 Å². The van der Waals surface area contributed by atoms with Crippen molar-refractivity contribution in [1.82, 2.24) is 24.3 Å². The second-order valence-electron chi connectivity index (χ2n) is 8.25. The first-order chi connectivity index (χ1) is 15.2. The molecule has 1 atom stereocenters. The van der Waals surface area contributed by atoms with E-state index in [4.69, 9.17) is 14.2 Å². The lowest BCUT2D eigenvalue weighted by Gasteiger charge is -2.27. The number of methoxy groups -OCH3 is 1. The van der Waals surface area contributed by atoms with Gasteiger partial charge in [0.15, 0.2) is 23.3 Å². The van der Waals surface area contributed by atoms with E-state index in [0.29, 0.717) is 36.3 Å². The molecule has 1 aromatic carbocycles. The summed E-state index contributed by atoms with van der Waals surface area (Å²) in [4.78, 5) is 9.25. The van der Waals surface area contributed by atoms with Crippen LogP contribution in [-0.4, -0.2) is 38.0 Å². The molecule has 31 heavy (non-hydrogen) atoms. The van der Waals surface area contributed by atoms with E-state index in [-0.39, 0.29) is 6.10 Å². The van der Waals surface area contributed by atoms with E-state index in [9.17, 15) is 0 Å². The molecule has 0 bridgehead atoms. The van der Waals surface area contributed by atoms with E-state index in [1.165, 1.54) is 18.4 Å². The van der Waals surface area contributed by atoms with Crippen LogP contribution in [0.25, 0.3) is 11.2 Å². The summed E-state index contributed by atoms with van der Waals surface area (Å²) in [5, 5.41) is 4.22. The van der Waals surface area contributed by atoms with Gasteiger partial charge in [0.1, 0.15) is 12.1 Å². The highest BCUT2D eigenvalue weighted by Gasteiger charge is 2.28. The van der Waals surface area contributed by atoms with Crippen LogP contribution in [-0.2, 0) is 13.6 Å². The molecule has 4 aromatic rings. The van der Waals surface area contributed by atoms with Crippen molar-refractivity contribution < 1.29 is 14.2 Å². The molecule has 0 radical (unpaired) electrons. The van der Waals surface area contributed by atoms with E-state index in [1.54, 1.807) is 18.0 Å². The van der Waals surface area contributed by atoms with Crippen molar-refractivity contribution in [2.24, 2.45) is 7.05 Å². The smallest absolute Gasteiger partial charge is 0.204 e. The minimum atomic E-state index is -0.219. The van der Waals surface area contributed by atoms with Crippen LogP contribution in [0.2, 0.25) is 0 Å². The average molecular weight is 417 g/mol. The predicted molar refractivity (Wildman–Crippen MR) is 114 cm³/mol. The fourth-order valence-electron chi connectivity index (χ4n) is 4.13. The topological polar surface area (TPSA) is 76.2 Å². The monoisotopic (exact) mass is 417 g/mol. The first kappa shape index (κ1) is 18.2. The summed E-state index contributed by atoms with van der Waals surface area (Å²) in [6.07, 6.45) is 9.86. The predicted octanol–water partition coefficient (Wildman–Crippen LogP) is 3.61. The SMILES string of the molecule is COc1cc(Cn2cnc3cc(C4CC4)cnc32)cc2c1OC(c1cnn(C)c1)CO2. The fraction of sp³-hybridized carbons (Fsp3) is 0.348. The highest BCUT2D eigenvalue weighted by Crippen LogP contribution is 2.44. The van der Waals surface area contributed by atoms with E-state index >= 15 is 0 Å². The molecule has 3 aromatic heterocycles. The minimum Gasteiger partial charge on any atom is -0.493 e. The number of hydrogen-bond acceptors (Lipinski definition) is 6. The molecule has 0 spiro atoms. The normalized spacial score (nSPS) is 17.8. The zero-order valence-electron chi connectivity index (χ0n) is 17.5. The molecule has 0 amide bonds. The maximum absolute atomic E-state index is 6.22. The van der Waals surface area contributed by atoms with Gasteiger partial charge in [0.25, 0.3) is 0 Å². The number of aryl methyl sites for hydroxylation is 1.